The molecule has 0 amide bonds. The molecule has 2 fully saturated rings. The molecule has 2 unspecified atom stereocenters. The standard InChI is InChI=1S/C30H33NO4/c1-20-27(30(33)35-22-13-6-3-7-14-22)28(29-24(31-20)16-10-17-25(29)32)23-15-8-9-18-26(23)34-19-21-11-4-2-5-12-21/h2,4-5,8-9,11-12,15,18,22,28-29H,3,6-7,10,13-14,16-17,19H2,1H3. The van der Waals surface area contributed by atoms with Crippen molar-refractivity contribution in [1.29, 1.82) is 0 Å². The lowest BCUT2D eigenvalue weighted by molar-refractivity contribution is -0.146. The molecule has 5 heteroatoms. The predicted octanol–water partition coefficient (Wildman–Crippen LogP) is 6.32. The number of hydrogen-bond acceptors (Lipinski definition) is 5. The van der Waals surface area contributed by atoms with Crippen LogP contribution in [0.25, 0.3) is 0 Å². The number of Topliss-reactive ketones (excluding diaryl/α,β-unsaturated/α-hetero) is 1. The van der Waals surface area contributed by atoms with Gasteiger partial charge in [-0.05, 0) is 57.1 Å². The van der Waals surface area contributed by atoms with E-state index in [1.807, 2.05) is 61.5 Å². The van der Waals surface area contributed by atoms with Gasteiger partial charge in [0, 0.05) is 29.3 Å². The highest BCUT2D eigenvalue weighted by molar-refractivity contribution is 6.11. The summed E-state index contributed by atoms with van der Waals surface area (Å²) in [6.07, 6.45) is 7.19. The average Bonchev–Trinajstić information content (AvgIpc) is 2.88. The summed E-state index contributed by atoms with van der Waals surface area (Å²) in [7, 11) is 0. The van der Waals surface area contributed by atoms with Crippen molar-refractivity contribution in [2.75, 3.05) is 0 Å². The van der Waals surface area contributed by atoms with Gasteiger partial charge in [0.05, 0.1) is 11.5 Å². The highest BCUT2D eigenvalue weighted by Crippen LogP contribution is 2.46. The van der Waals surface area contributed by atoms with Crippen LogP contribution in [0.2, 0.25) is 0 Å². The number of fused-ring (bicyclic) bond motifs is 1. The number of benzene rings is 2. The number of rotatable bonds is 6. The number of carbonyl (C=O) groups is 2. The van der Waals surface area contributed by atoms with E-state index in [0.29, 0.717) is 30.0 Å². The first kappa shape index (κ1) is 23.5. The lowest BCUT2D eigenvalue weighted by Gasteiger charge is -2.36. The van der Waals surface area contributed by atoms with Crippen LogP contribution in [0.4, 0.5) is 0 Å². The molecule has 2 aromatic carbocycles. The Morgan fingerprint density at radius 3 is 2.46 bits per heavy atom. The summed E-state index contributed by atoms with van der Waals surface area (Å²) < 4.78 is 12.3. The van der Waals surface area contributed by atoms with Gasteiger partial charge in [0.25, 0.3) is 0 Å². The zero-order chi connectivity index (χ0) is 24.2. The number of hydrogen-bond donors (Lipinski definition) is 0. The van der Waals surface area contributed by atoms with Crippen LogP contribution in [0.1, 0.15) is 75.3 Å². The van der Waals surface area contributed by atoms with Gasteiger partial charge in [-0.2, -0.15) is 0 Å². The Kier molecular flexibility index (Phi) is 7.12. The molecule has 1 heterocycles. The highest BCUT2D eigenvalue weighted by Gasteiger charge is 2.45. The minimum atomic E-state index is -0.446. The van der Waals surface area contributed by atoms with E-state index in [9.17, 15) is 9.59 Å². The molecule has 3 aliphatic rings. The van der Waals surface area contributed by atoms with E-state index in [1.54, 1.807) is 0 Å². The summed E-state index contributed by atoms with van der Waals surface area (Å²) in [5.74, 6) is -0.385. The molecule has 5 rings (SSSR count). The highest BCUT2D eigenvalue weighted by atomic mass is 16.5. The second-order valence-corrected chi connectivity index (χ2v) is 9.85. The molecule has 0 radical (unpaired) electrons. The molecular formula is C30H33NO4. The molecule has 0 N–H and O–H groups in total. The van der Waals surface area contributed by atoms with E-state index >= 15 is 0 Å². The first-order chi connectivity index (χ1) is 17.1. The maximum absolute atomic E-state index is 13.6. The van der Waals surface area contributed by atoms with E-state index in [4.69, 9.17) is 14.5 Å². The van der Waals surface area contributed by atoms with Crippen LogP contribution in [0.15, 0.2) is 70.9 Å². The Morgan fingerprint density at radius 1 is 0.914 bits per heavy atom. The number of nitrogens with zero attached hydrogens (tertiary/aromatic N) is 1. The van der Waals surface area contributed by atoms with Gasteiger partial charge in [0.15, 0.2) is 0 Å². The maximum Gasteiger partial charge on any atom is 0.336 e. The van der Waals surface area contributed by atoms with Gasteiger partial charge in [-0.25, -0.2) is 4.79 Å². The molecule has 0 bridgehead atoms. The van der Waals surface area contributed by atoms with Crippen molar-refractivity contribution in [3.05, 3.63) is 77.0 Å². The molecule has 1 aliphatic heterocycles. The fourth-order valence-electron chi connectivity index (χ4n) is 5.72. The summed E-state index contributed by atoms with van der Waals surface area (Å²) in [6.45, 7) is 2.29. The van der Waals surface area contributed by atoms with E-state index in [1.165, 1.54) is 6.42 Å². The topological polar surface area (TPSA) is 65.0 Å². The minimum absolute atomic E-state index is 0.0609. The fourth-order valence-corrected chi connectivity index (χ4v) is 5.72. The number of ether oxygens (including phenoxy) is 2. The van der Waals surface area contributed by atoms with E-state index in [0.717, 1.165) is 55.4 Å². The molecule has 0 aromatic heterocycles. The van der Waals surface area contributed by atoms with Crippen molar-refractivity contribution in [1.82, 2.24) is 0 Å². The van der Waals surface area contributed by atoms with E-state index in [2.05, 4.69) is 0 Å². The first-order valence-electron chi connectivity index (χ1n) is 12.9. The molecule has 35 heavy (non-hydrogen) atoms. The normalized spacial score (nSPS) is 22.9. The fraction of sp³-hybridized carbons (Fsp3) is 0.433. The van der Waals surface area contributed by atoms with Gasteiger partial charge >= 0.3 is 5.97 Å². The van der Waals surface area contributed by atoms with Gasteiger partial charge in [-0.15, -0.1) is 0 Å². The summed E-state index contributed by atoms with van der Waals surface area (Å²) in [4.78, 5) is 31.7. The number of para-hydroxylation sites is 1. The van der Waals surface area contributed by atoms with E-state index < -0.39 is 11.8 Å². The monoisotopic (exact) mass is 471 g/mol. The Labute approximate surface area is 207 Å². The van der Waals surface area contributed by atoms with Gasteiger partial charge in [0.2, 0.25) is 0 Å². The third-order valence-corrected chi connectivity index (χ3v) is 7.44. The SMILES string of the molecule is CC1=C(C(=O)OC2CCCCC2)C(c2ccccc2OCc2ccccc2)C2C(=O)CCCC2=N1. The van der Waals surface area contributed by atoms with Crippen molar-refractivity contribution in [2.24, 2.45) is 10.9 Å². The maximum atomic E-state index is 13.6. The lowest BCUT2D eigenvalue weighted by atomic mass is 9.69. The summed E-state index contributed by atoms with van der Waals surface area (Å²) in [5, 5.41) is 0. The zero-order valence-electron chi connectivity index (χ0n) is 20.4. The van der Waals surface area contributed by atoms with Gasteiger partial charge in [-0.1, -0.05) is 55.0 Å². The van der Waals surface area contributed by atoms with Crippen LogP contribution in [-0.4, -0.2) is 23.6 Å². The Hall–Kier alpha value is -3.21. The summed E-state index contributed by atoms with van der Waals surface area (Å²) in [5.41, 5.74) is 3.97. The molecule has 0 saturated heterocycles. The molecule has 2 saturated carbocycles. The number of allylic oxidation sites excluding steroid dienone is 1. The van der Waals surface area contributed by atoms with Gasteiger partial charge in [-0.3, -0.25) is 9.79 Å². The Balaban J connectivity index is 1.52. The van der Waals surface area contributed by atoms with Crippen molar-refractivity contribution >= 4 is 17.5 Å². The molecule has 2 aliphatic carbocycles. The van der Waals surface area contributed by atoms with Crippen molar-refractivity contribution in [2.45, 2.75) is 76.9 Å². The smallest absolute Gasteiger partial charge is 0.336 e. The largest absolute Gasteiger partial charge is 0.489 e. The van der Waals surface area contributed by atoms with Crippen molar-refractivity contribution in [3.8, 4) is 5.75 Å². The number of carbonyl (C=O) groups excluding carboxylic acids is 2. The zero-order valence-corrected chi connectivity index (χ0v) is 20.4. The predicted molar refractivity (Wildman–Crippen MR) is 135 cm³/mol. The van der Waals surface area contributed by atoms with Gasteiger partial charge < -0.3 is 9.47 Å². The molecule has 2 aromatic rings. The number of ketones is 1. The number of esters is 1. The van der Waals surface area contributed by atoms with Crippen LogP contribution in [0, 0.1) is 5.92 Å². The lowest BCUT2D eigenvalue weighted by Crippen LogP contribution is -2.39. The second-order valence-electron chi connectivity index (χ2n) is 9.85. The summed E-state index contributed by atoms with van der Waals surface area (Å²) in [6, 6.07) is 17.8. The van der Waals surface area contributed by atoms with Crippen LogP contribution >= 0.6 is 0 Å². The van der Waals surface area contributed by atoms with Crippen LogP contribution in [0.5, 0.6) is 5.75 Å². The van der Waals surface area contributed by atoms with Crippen LogP contribution in [-0.2, 0) is 20.9 Å². The molecule has 2 atom stereocenters. The molecular weight excluding hydrogens is 438 g/mol. The van der Waals surface area contributed by atoms with E-state index in [-0.39, 0.29) is 17.9 Å². The minimum Gasteiger partial charge on any atom is -0.489 e. The van der Waals surface area contributed by atoms with Crippen molar-refractivity contribution < 1.29 is 19.1 Å². The van der Waals surface area contributed by atoms with Crippen molar-refractivity contribution in [3.63, 3.8) is 0 Å². The molecule has 182 valence electrons. The van der Waals surface area contributed by atoms with Crippen LogP contribution < -0.4 is 4.74 Å². The third kappa shape index (κ3) is 5.09. The average molecular weight is 472 g/mol. The molecule has 0 spiro atoms. The third-order valence-electron chi connectivity index (χ3n) is 7.44. The molecule has 5 nitrogen and oxygen atoms in total. The quantitative estimate of drug-likeness (QED) is 0.462. The first-order valence-corrected chi connectivity index (χ1v) is 12.9. The Morgan fingerprint density at radius 2 is 1.66 bits per heavy atom. The number of aliphatic imine (C=N–C) groups is 1. The van der Waals surface area contributed by atoms with Gasteiger partial charge in [0.1, 0.15) is 24.2 Å². The second kappa shape index (κ2) is 10.6. The van der Waals surface area contributed by atoms with Crippen LogP contribution in [0.3, 0.4) is 0 Å². The summed E-state index contributed by atoms with van der Waals surface area (Å²) >= 11 is 0. The Bertz CT molecular complexity index is 1140.